The van der Waals surface area contributed by atoms with E-state index in [2.05, 4.69) is 4.98 Å². The van der Waals surface area contributed by atoms with Crippen molar-refractivity contribution in [3.05, 3.63) is 70.3 Å². The number of aliphatic hydroxyl groups excluding tert-OH is 1. The van der Waals surface area contributed by atoms with E-state index >= 15 is 0 Å². The van der Waals surface area contributed by atoms with Crippen LogP contribution >= 0.6 is 0 Å². The van der Waals surface area contributed by atoms with Crippen LogP contribution in [-0.4, -0.2) is 33.2 Å². The molecule has 1 atom stereocenters. The van der Waals surface area contributed by atoms with Gasteiger partial charge in [0.25, 0.3) is 5.56 Å². The van der Waals surface area contributed by atoms with Crippen LogP contribution < -0.4 is 10.3 Å². The molecule has 2 aromatic carbocycles. The van der Waals surface area contributed by atoms with E-state index in [9.17, 15) is 14.7 Å². The van der Waals surface area contributed by atoms with Crippen molar-refractivity contribution >= 4 is 16.7 Å². The third-order valence-electron chi connectivity index (χ3n) is 4.13. The Labute approximate surface area is 150 Å². The van der Waals surface area contributed by atoms with Gasteiger partial charge in [-0.25, -0.2) is 4.98 Å². The van der Waals surface area contributed by atoms with Gasteiger partial charge in [0.1, 0.15) is 24.3 Å². The second-order valence-corrected chi connectivity index (χ2v) is 6.14. The van der Waals surface area contributed by atoms with Crippen molar-refractivity contribution in [3.8, 4) is 5.75 Å². The van der Waals surface area contributed by atoms with Crippen molar-refractivity contribution < 1.29 is 14.6 Å². The minimum Gasteiger partial charge on any atom is -0.491 e. The molecule has 0 amide bonds. The quantitative estimate of drug-likeness (QED) is 0.689. The third kappa shape index (κ3) is 3.81. The van der Waals surface area contributed by atoms with Gasteiger partial charge in [0.2, 0.25) is 0 Å². The zero-order chi connectivity index (χ0) is 18.7. The number of rotatable bonds is 6. The normalized spacial score (nSPS) is 12.1. The Balaban J connectivity index is 1.73. The number of aromatic nitrogens is 2. The second-order valence-electron chi connectivity index (χ2n) is 6.14. The molecule has 26 heavy (non-hydrogen) atoms. The fourth-order valence-corrected chi connectivity index (χ4v) is 2.75. The number of hydrogen-bond acceptors (Lipinski definition) is 5. The predicted octanol–water partition coefficient (Wildman–Crippen LogP) is 2.35. The summed E-state index contributed by atoms with van der Waals surface area (Å²) in [5.74, 6) is 0.976. The summed E-state index contributed by atoms with van der Waals surface area (Å²) in [5.41, 5.74) is 0.992. The molecule has 134 valence electrons. The van der Waals surface area contributed by atoms with Gasteiger partial charge in [-0.15, -0.1) is 0 Å². The zero-order valence-corrected chi connectivity index (χ0v) is 14.7. The number of ether oxygens (including phenoxy) is 1. The van der Waals surface area contributed by atoms with Gasteiger partial charge in [-0.3, -0.25) is 14.2 Å². The highest BCUT2D eigenvalue weighted by molar-refractivity contribution is 5.94. The summed E-state index contributed by atoms with van der Waals surface area (Å²) in [6.45, 7) is 3.29. The predicted molar refractivity (Wildman–Crippen MR) is 98.7 cm³/mol. The zero-order valence-electron chi connectivity index (χ0n) is 14.7. The monoisotopic (exact) mass is 352 g/mol. The van der Waals surface area contributed by atoms with Crippen LogP contribution in [0.2, 0.25) is 0 Å². The van der Waals surface area contributed by atoms with E-state index in [0.29, 0.717) is 28.0 Å². The summed E-state index contributed by atoms with van der Waals surface area (Å²) in [6.07, 6.45) is -0.893. The van der Waals surface area contributed by atoms with Crippen molar-refractivity contribution in [2.24, 2.45) is 0 Å². The smallest absolute Gasteiger partial charge is 0.261 e. The largest absolute Gasteiger partial charge is 0.491 e. The van der Waals surface area contributed by atoms with E-state index < -0.39 is 6.10 Å². The number of hydrogen-bond donors (Lipinski definition) is 1. The van der Waals surface area contributed by atoms with Gasteiger partial charge in [-0.2, -0.15) is 0 Å². The van der Waals surface area contributed by atoms with E-state index in [1.54, 1.807) is 49.4 Å². The van der Waals surface area contributed by atoms with Gasteiger partial charge in [0.15, 0.2) is 5.78 Å². The molecule has 3 aromatic rings. The minimum atomic E-state index is -0.893. The topological polar surface area (TPSA) is 81.4 Å². The molecule has 6 nitrogen and oxygen atoms in total. The molecule has 1 aromatic heterocycles. The Bertz CT molecular complexity index is 1010. The highest BCUT2D eigenvalue weighted by Gasteiger charge is 2.13. The lowest BCUT2D eigenvalue weighted by molar-refractivity contribution is 0.0907. The lowest BCUT2D eigenvalue weighted by atomic mass is 10.1. The molecule has 6 heteroatoms. The Morgan fingerprint density at radius 1 is 1.23 bits per heavy atom. The first-order valence-electron chi connectivity index (χ1n) is 8.34. The number of carbonyl (C=O) groups excluding carboxylic acids is 1. The summed E-state index contributed by atoms with van der Waals surface area (Å²) in [5, 5.41) is 10.8. The second kappa shape index (κ2) is 7.49. The summed E-state index contributed by atoms with van der Waals surface area (Å²) in [6, 6.07) is 13.9. The van der Waals surface area contributed by atoms with Crippen LogP contribution in [0.15, 0.2) is 53.3 Å². The number of carbonyl (C=O) groups is 1. The first kappa shape index (κ1) is 17.8. The molecule has 0 fully saturated rings. The van der Waals surface area contributed by atoms with Crippen LogP contribution in [0.4, 0.5) is 0 Å². The Hall–Kier alpha value is -2.99. The highest BCUT2D eigenvalue weighted by atomic mass is 16.5. The fraction of sp³-hybridized carbons (Fsp3) is 0.250. The molecule has 0 aliphatic carbocycles. The molecule has 0 aliphatic heterocycles. The number of aryl methyl sites for hydroxylation is 1. The molecule has 1 heterocycles. The van der Waals surface area contributed by atoms with Gasteiger partial charge in [-0.1, -0.05) is 24.3 Å². The first-order chi connectivity index (χ1) is 12.5. The van der Waals surface area contributed by atoms with Crippen LogP contribution in [0.1, 0.15) is 23.1 Å². The van der Waals surface area contributed by atoms with E-state index in [1.165, 1.54) is 11.5 Å². The summed E-state index contributed by atoms with van der Waals surface area (Å²) >= 11 is 0. The number of aliphatic hydroxyl groups is 1. The molecule has 0 radical (unpaired) electrons. The van der Waals surface area contributed by atoms with E-state index in [0.717, 1.165) is 0 Å². The molecule has 0 unspecified atom stereocenters. The fourth-order valence-electron chi connectivity index (χ4n) is 2.75. The van der Waals surface area contributed by atoms with Crippen molar-refractivity contribution in [1.29, 1.82) is 0 Å². The van der Waals surface area contributed by atoms with Gasteiger partial charge in [0, 0.05) is 5.56 Å². The number of benzene rings is 2. The Morgan fingerprint density at radius 2 is 2.00 bits per heavy atom. The summed E-state index contributed by atoms with van der Waals surface area (Å²) in [7, 11) is 0. The van der Waals surface area contributed by atoms with Crippen LogP contribution in [0.5, 0.6) is 5.75 Å². The van der Waals surface area contributed by atoms with Crippen molar-refractivity contribution in [2.75, 3.05) is 6.61 Å². The summed E-state index contributed by atoms with van der Waals surface area (Å²) < 4.78 is 7.01. The van der Waals surface area contributed by atoms with E-state index in [1.807, 2.05) is 6.07 Å². The van der Waals surface area contributed by atoms with Crippen molar-refractivity contribution in [2.45, 2.75) is 26.5 Å². The van der Waals surface area contributed by atoms with Gasteiger partial charge >= 0.3 is 0 Å². The number of ketones is 1. The molecule has 0 saturated carbocycles. The third-order valence-corrected chi connectivity index (χ3v) is 4.13. The number of para-hydroxylation sites is 1. The molecule has 0 aliphatic rings. The standard InChI is InChI=1S/C20H20N2O4/c1-13(23)15-6-5-7-17(10-15)26-12-16(24)11-22-14(2)21-19-9-4-3-8-18(19)20(22)25/h3-10,16,24H,11-12H2,1-2H3/t16-/m1/s1. The molecular weight excluding hydrogens is 332 g/mol. The molecule has 3 rings (SSSR count). The average molecular weight is 352 g/mol. The maximum Gasteiger partial charge on any atom is 0.261 e. The van der Waals surface area contributed by atoms with E-state index in [4.69, 9.17) is 4.74 Å². The van der Waals surface area contributed by atoms with Crippen LogP contribution in [0.25, 0.3) is 10.9 Å². The minimum absolute atomic E-state index is 0.0000644. The highest BCUT2D eigenvalue weighted by Crippen LogP contribution is 2.14. The Kier molecular flexibility index (Phi) is 5.14. The average Bonchev–Trinajstić information content (AvgIpc) is 2.63. The molecule has 1 N–H and O–H groups in total. The maximum absolute atomic E-state index is 12.6. The van der Waals surface area contributed by atoms with Gasteiger partial charge < -0.3 is 9.84 Å². The number of nitrogens with zero attached hydrogens (tertiary/aromatic N) is 2. The molecule has 0 bridgehead atoms. The lowest BCUT2D eigenvalue weighted by Gasteiger charge is -2.16. The van der Waals surface area contributed by atoms with Crippen LogP contribution in [-0.2, 0) is 6.54 Å². The summed E-state index contributed by atoms with van der Waals surface area (Å²) in [4.78, 5) is 28.4. The Morgan fingerprint density at radius 3 is 2.77 bits per heavy atom. The number of Topliss-reactive ketones (excluding diaryl/α,β-unsaturated/α-hetero) is 1. The van der Waals surface area contributed by atoms with Crippen LogP contribution in [0, 0.1) is 6.92 Å². The maximum atomic E-state index is 12.6. The van der Waals surface area contributed by atoms with E-state index in [-0.39, 0.29) is 24.5 Å². The van der Waals surface area contributed by atoms with Crippen LogP contribution in [0.3, 0.4) is 0 Å². The van der Waals surface area contributed by atoms with Gasteiger partial charge in [-0.05, 0) is 38.1 Å². The molecule has 0 saturated heterocycles. The van der Waals surface area contributed by atoms with Crippen molar-refractivity contribution in [1.82, 2.24) is 9.55 Å². The van der Waals surface area contributed by atoms with Crippen molar-refractivity contribution in [3.63, 3.8) is 0 Å². The first-order valence-corrected chi connectivity index (χ1v) is 8.34. The lowest BCUT2D eigenvalue weighted by Crippen LogP contribution is -2.32. The number of fused-ring (bicyclic) bond motifs is 1. The molecular formula is C20H20N2O4. The SMILES string of the molecule is CC(=O)c1cccc(OC[C@H](O)Cn2c(C)nc3ccccc3c2=O)c1. The van der Waals surface area contributed by atoms with Gasteiger partial charge in [0.05, 0.1) is 17.4 Å². The molecule has 0 spiro atoms.